The fourth-order valence-corrected chi connectivity index (χ4v) is 1.97. The standard InChI is InChI=1S/C10H6BrClF3N3O/c11-6-1-2-7(8(3-6)19-10(13,14)15)18-5-16-17-9(18)4-12/h1-3,5H,4H2. The van der Waals surface area contributed by atoms with Crippen LogP contribution in [0.1, 0.15) is 5.82 Å². The van der Waals surface area contributed by atoms with Crippen LogP contribution in [-0.2, 0) is 5.88 Å². The van der Waals surface area contributed by atoms with Gasteiger partial charge in [-0.1, -0.05) is 15.9 Å². The van der Waals surface area contributed by atoms with Gasteiger partial charge in [0.2, 0.25) is 0 Å². The average molecular weight is 357 g/mol. The van der Waals surface area contributed by atoms with Crippen molar-refractivity contribution in [3.63, 3.8) is 0 Å². The predicted molar refractivity (Wildman–Crippen MR) is 65.3 cm³/mol. The molecule has 0 aliphatic heterocycles. The maximum absolute atomic E-state index is 12.4. The molecule has 19 heavy (non-hydrogen) atoms. The Labute approximate surface area is 119 Å². The van der Waals surface area contributed by atoms with E-state index in [1.54, 1.807) is 6.07 Å². The first-order valence-electron chi connectivity index (χ1n) is 4.91. The van der Waals surface area contributed by atoms with Gasteiger partial charge in [-0.05, 0) is 18.2 Å². The molecule has 9 heteroatoms. The summed E-state index contributed by atoms with van der Waals surface area (Å²) in [6.07, 6.45) is -3.52. The number of hydrogen-bond acceptors (Lipinski definition) is 3. The lowest BCUT2D eigenvalue weighted by Gasteiger charge is -2.14. The SMILES string of the molecule is FC(F)(F)Oc1cc(Br)ccc1-n1cnnc1CCl. The van der Waals surface area contributed by atoms with E-state index in [1.807, 2.05) is 0 Å². The number of hydrogen-bond donors (Lipinski definition) is 0. The Bertz CT molecular complexity index is 588. The van der Waals surface area contributed by atoms with Gasteiger partial charge in [0.1, 0.15) is 6.33 Å². The van der Waals surface area contributed by atoms with Crippen molar-refractivity contribution in [3.05, 3.63) is 34.8 Å². The summed E-state index contributed by atoms with van der Waals surface area (Å²) in [6.45, 7) is 0. The topological polar surface area (TPSA) is 39.9 Å². The van der Waals surface area contributed by atoms with Crippen molar-refractivity contribution in [2.75, 3.05) is 0 Å². The first-order valence-corrected chi connectivity index (χ1v) is 6.24. The summed E-state index contributed by atoms with van der Waals surface area (Å²) in [7, 11) is 0. The monoisotopic (exact) mass is 355 g/mol. The van der Waals surface area contributed by atoms with Gasteiger partial charge in [0.15, 0.2) is 11.6 Å². The molecule has 0 unspecified atom stereocenters. The van der Waals surface area contributed by atoms with Crippen molar-refractivity contribution in [1.82, 2.24) is 14.8 Å². The Balaban J connectivity index is 2.51. The minimum Gasteiger partial charge on any atom is -0.403 e. The summed E-state index contributed by atoms with van der Waals surface area (Å²) >= 11 is 8.73. The third-order valence-electron chi connectivity index (χ3n) is 2.14. The lowest BCUT2D eigenvalue weighted by Crippen LogP contribution is -2.18. The smallest absolute Gasteiger partial charge is 0.403 e. The van der Waals surface area contributed by atoms with Crippen LogP contribution in [0.15, 0.2) is 29.0 Å². The Morgan fingerprint density at radius 1 is 1.37 bits per heavy atom. The fraction of sp³-hybridized carbons (Fsp3) is 0.200. The third kappa shape index (κ3) is 3.38. The van der Waals surface area contributed by atoms with Crippen molar-refractivity contribution >= 4 is 27.5 Å². The molecule has 4 nitrogen and oxygen atoms in total. The van der Waals surface area contributed by atoms with Gasteiger partial charge in [-0.15, -0.1) is 35.0 Å². The molecule has 0 saturated carbocycles. The van der Waals surface area contributed by atoms with E-state index in [4.69, 9.17) is 11.6 Å². The Hall–Kier alpha value is -1.28. The number of nitrogens with zero attached hydrogens (tertiary/aromatic N) is 3. The molecule has 1 aromatic heterocycles. The molecule has 1 heterocycles. The second kappa shape index (κ2) is 5.38. The van der Waals surface area contributed by atoms with Crippen LogP contribution in [0.4, 0.5) is 13.2 Å². The second-order valence-electron chi connectivity index (χ2n) is 3.41. The minimum atomic E-state index is -4.79. The third-order valence-corrected chi connectivity index (χ3v) is 2.88. The molecule has 2 aromatic rings. The lowest BCUT2D eigenvalue weighted by atomic mass is 10.3. The van der Waals surface area contributed by atoms with Gasteiger partial charge in [-0.25, -0.2) is 0 Å². The molecule has 0 N–H and O–H groups in total. The summed E-state index contributed by atoms with van der Waals surface area (Å²) in [4.78, 5) is 0. The molecule has 0 saturated heterocycles. The van der Waals surface area contributed by atoms with E-state index in [-0.39, 0.29) is 17.3 Å². The van der Waals surface area contributed by atoms with Gasteiger partial charge < -0.3 is 4.74 Å². The van der Waals surface area contributed by atoms with E-state index in [9.17, 15) is 13.2 Å². The van der Waals surface area contributed by atoms with Crippen molar-refractivity contribution in [1.29, 1.82) is 0 Å². The molecule has 0 spiro atoms. The van der Waals surface area contributed by atoms with Crippen molar-refractivity contribution < 1.29 is 17.9 Å². The highest BCUT2D eigenvalue weighted by atomic mass is 79.9. The molecule has 102 valence electrons. The second-order valence-corrected chi connectivity index (χ2v) is 4.59. The number of benzene rings is 1. The highest BCUT2D eigenvalue weighted by Gasteiger charge is 2.32. The van der Waals surface area contributed by atoms with Gasteiger partial charge in [-0.3, -0.25) is 4.57 Å². The fourth-order valence-electron chi connectivity index (χ4n) is 1.44. The van der Waals surface area contributed by atoms with Crippen LogP contribution in [0.2, 0.25) is 0 Å². The zero-order valence-corrected chi connectivity index (χ0v) is 11.5. The number of alkyl halides is 4. The molecular formula is C10H6BrClF3N3O. The quantitative estimate of drug-likeness (QED) is 0.788. The molecule has 0 aliphatic rings. The van der Waals surface area contributed by atoms with Crippen molar-refractivity contribution in [3.8, 4) is 11.4 Å². The minimum absolute atomic E-state index is 0.0154. The molecule has 0 amide bonds. The Morgan fingerprint density at radius 2 is 2.11 bits per heavy atom. The highest BCUT2D eigenvalue weighted by Crippen LogP contribution is 2.32. The van der Waals surface area contributed by atoms with E-state index >= 15 is 0 Å². The van der Waals surface area contributed by atoms with Gasteiger partial charge in [-0.2, -0.15) is 0 Å². The Morgan fingerprint density at radius 3 is 2.74 bits per heavy atom. The summed E-state index contributed by atoms with van der Waals surface area (Å²) in [5.74, 6) is -0.0364. The first-order chi connectivity index (χ1) is 8.90. The van der Waals surface area contributed by atoms with E-state index in [0.29, 0.717) is 10.3 Å². The van der Waals surface area contributed by atoms with E-state index in [0.717, 1.165) is 0 Å². The zero-order chi connectivity index (χ0) is 14.0. The summed E-state index contributed by atoms with van der Waals surface area (Å²) in [5.41, 5.74) is 0.154. The van der Waals surface area contributed by atoms with Crippen LogP contribution in [0.25, 0.3) is 5.69 Å². The van der Waals surface area contributed by atoms with Crippen LogP contribution in [-0.4, -0.2) is 21.1 Å². The summed E-state index contributed by atoms with van der Waals surface area (Å²) in [5, 5.41) is 7.31. The molecule has 0 bridgehead atoms. The molecular weight excluding hydrogens is 350 g/mol. The van der Waals surface area contributed by atoms with Crippen molar-refractivity contribution in [2.45, 2.75) is 12.2 Å². The average Bonchev–Trinajstić information content (AvgIpc) is 2.75. The summed E-state index contributed by atoms with van der Waals surface area (Å²) in [6, 6.07) is 4.24. The maximum Gasteiger partial charge on any atom is 0.573 e. The highest BCUT2D eigenvalue weighted by molar-refractivity contribution is 9.10. The van der Waals surface area contributed by atoms with E-state index in [1.165, 1.54) is 23.0 Å². The normalized spacial score (nSPS) is 11.6. The number of ether oxygens (including phenoxy) is 1. The van der Waals surface area contributed by atoms with E-state index < -0.39 is 6.36 Å². The number of rotatable bonds is 3. The van der Waals surface area contributed by atoms with Gasteiger partial charge in [0.25, 0.3) is 0 Å². The van der Waals surface area contributed by atoms with Crippen molar-refractivity contribution in [2.24, 2.45) is 0 Å². The molecule has 0 radical (unpaired) electrons. The van der Waals surface area contributed by atoms with Crippen LogP contribution in [0, 0.1) is 0 Å². The van der Waals surface area contributed by atoms with E-state index in [2.05, 4.69) is 30.9 Å². The Kier molecular flexibility index (Phi) is 4.00. The van der Waals surface area contributed by atoms with Gasteiger partial charge >= 0.3 is 6.36 Å². The zero-order valence-electron chi connectivity index (χ0n) is 9.16. The molecule has 0 fully saturated rings. The molecule has 0 atom stereocenters. The van der Waals surface area contributed by atoms with Gasteiger partial charge in [0, 0.05) is 4.47 Å². The van der Waals surface area contributed by atoms with Gasteiger partial charge in [0.05, 0.1) is 11.6 Å². The number of halogens is 5. The number of aromatic nitrogens is 3. The maximum atomic E-state index is 12.4. The first kappa shape index (κ1) is 14.1. The summed E-state index contributed by atoms with van der Waals surface area (Å²) < 4.78 is 42.9. The van der Waals surface area contributed by atoms with Crippen LogP contribution < -0.4 is 4.74 Å². The molecule has 1 aromatic carbocycles. The largest absolute Gasteiger partial charge is 0.573 e. The molecule has 2 rings (SSSR count). The predicted octanol–water partition coefficient (Wildman–Crippen LogP) is 3.67. The van der Waals surface area contributed by atoms with Crippen LogP contribution in [0.3, 0.4) is 0 Å². The molecule has 0 aliphatic carbocycles. The van der Waals surface area contributed by atoms with Crippen LogP contribution >= 0.6 is 27.5 Å². The lowest BCUT2D eigenvalue weighted by molar-refractivity contribution is -0.274. The van der Waals surface area contributed by atoms with Crippen LogP contribution in [0.5, 0.6) is 5.75 Å².